The second kappa shape index (κ2) is 8.70. The van der Waals surface area contributed by atoms with Crippen LogP contribution in [0.25, 0.3) is 11.6 Å². The molecule has 29 heavy (non-hydrogen) atoms. The van der Waals surface area contributed by atoms with E-state index in [9.17, 15) is 0 Å². The maximum Gasteiger partial charge on any atom is 0.0108 e. The Morgan fingerprint density at radius 2 is 1.55 bits per heavy atom. The standard InChI is InChI=1S/C27H37NS/c1-20(18-21-8-11-23(12-9-21)29-17-16-28(6)7)22-10-13-24-25(19-22)27(4,5)15-14-26(24,2)3/h8-13,18-19H,14-17H2,1-7H3. The summed E-state index contributed by atoms with van der Waals surface area (Å²) in [6, 6.07) is 16.1. The van der Waals surface area contributed by atoms with Crippen molar-refractivity contribution in [2.24, 2.45) is 0 Å². The van der Waals surface area contributed by atoms with Crippen LogP contribution in [-0.2, 0) is 10.8 Å². The number of thioether (sulfide) groups is 1. The second-order valence-electron chi connectivity index (χ2n) is 10.1. The Kier molecular flexibility index (Phi) is 6.65. The topological polar surface area (TPSA) is 3.24 Å². The highest BCUT2D eigenvalue weighted by Crippen LogP contribution is 2.46. The monoisotopic (exact) mass is 407 g/mol. The second-order valence-corrected chi connectivity index (χ2v) is 11.2. The SMILES string of the molecule is CC(=Cc1ccc(SCCN(C)C)cc1)c1ccc2c(c1)C(C)(C)CCC2(C)C. The molecule has 0 spiro atoms. The Morgan fingerprint density at radius 1 is 0.931 bits per heavy atom. The quantitative estimate of drug-likeness (QED) is 0.366. The van der Waals surface area contributed by atoms with Gasteiger partial charge in [0, 0.05) is 17.2 Å². The molecule has 2 aromatic carbocycles. The Morgan fingerprint density at radius 3 is 2.17 bits per heavy atom. The molecule has 0 aromatic heterocycles. The van der Waals surface area contributed by atoms with E-state index in [1.807, 2.05) is 11.8 Å². The lowest BCUT2D eigenvalue weighted by molar-refractivity contribution is 0.332. The van der Waals surface area contributed by atoms with Crippen molar-refractivity contribution in [3.8, 4) is 0 Å². The number of allylic oxidation sites excluding steroid dienone is 1. The molecule has 0 atom stereocenters. The summed E-state index contributed by atoms with van der Waals surface area (Å²) in [5, 5.41) is 0. The van der Waals surface area contributed by atoms with Crippen molar-refractivity contribution in [3.63, 3.8) is 0 Å². The highest BCUT2D eigenvalue weighted by Gasteiger charge is 2.36. The molecule has 0 bridgehead atoms. The van der Waals surface area contributed by atoms with E-state index in [0.717, 1.165) is 12.3 Å². The smallest absolute Gasteiger partial charge is 0.0108 e. The normalized spacial score (nSPS) is 18.0. The van der Waals surface area contributed by atoms with Crippen LogP contribution < -0.4 is 0 Å². The number of hydrogen-bond acceptors (Lipinski definition) is 2. The van der Waals surface area contributed by atoms with Crippen molar-refractivity contribution in [1.29, 1.82) is 0 Å². The molecule has 0 amide bonds. The van der Waals surface area contributed by atoms with Gasteiger partial charge in [-0.05, 0) is 84.7 Å². The van der Waals surface area contributed by atoms with Crippen LogP contribution in [0.2, 0.25) is 0 Å². The zero-order valence-electron chi connectivity index (χ0n) is 19.3. The van der Waals surface area contributed by atoms with Gasteiger partial charge >= 0.3 is 0 Å². The van der Waals surface area contributed by atoms with Crippen LogP contribution in [0.4, 0.5) is 0 Å². The van der Waals surface area contributed by atoms with Gasteiger partial charge in [-0.2, -0.15) is 0 Å². The Labute approximate surface area is 182 Å². The minimum Gasteiger partial charge on any atom is -0.309 e. The fourth-order valence-corrected chi connectivity index (χ4v) is 5.19. The maximum absolute atomic E-state index is 2.45. The van der Waals surface area contributed by atoms with Crippen molar-refractivity contribution in [1.82, 2.24) is 4.90 Å². The van der Waals surface area contributed by atoms with Gasteiger partial charge in [0.1, 0.15) is 0 Å². The van der Waals surface area contributed by atoms with Gasteiger partial charge in [0.05, 0.1) is 0 Å². The Balaban J connectivity index is 1.80. The zero-order chi connectivity index (χ0) is 21.2. The van der Waals surface area contributed by atoms with Crippen LogP contribution in [-0.4, -0.2) is 31.3 Å². The van der Waals surface area contributed by atoms with Gasteiger partial charge in [-0.3, -0.25) is 0 Å². The van der Waals surface area contributed by atoms with E-state index in [4.69, 9.17) is 0 Å². The van der Waals surface area contributed by atoms with Gasteiger partial charge in [0.25, 0.3) is 0 Å². The maximum atomic E-state index is 2.45. The van der Waals surface area contributed by atoms with Gasteiger partial charge in [0.2, 0.25) is 0 Å². The van der Waals surface area contributed by atoms with E-state index >= 15 is 0 Å². The molecule has 0 saturated carbocycles. The zero-order valence-corrected chi connectivity index (χ0v) is 20.1. The molecule has 0 saturated heterocycles. The summed E-state index contributed by atoms with van der Waals surface area (Å²) in [4.78, 5) is 3.58. The summed E-state index contributed by atoms with van der Waals surface area (Å²) in [6.45, 7) is 12.9. The van der Waals surface area contributed by atoms with Crippen LogP contribution >= 0.6 is 11.8 Å². The molecule has 0 N–H and O–H groups in total. The summed E-state index contributed by atoms with van der Waals surface area (Å²) < 4.78 is 0. The third-order valence-electron chi connectivity index (χ3n) is 6.38. The van der Waals surface area contributed by atoms with E-state index in [1.54, 1.807) is 0 Å². The first kappa shape index (κ1) is 22.2. The lowest BCUT2D eigenvalue weighted by Crippen LogP contribution is -2.33. The molecule has 156 valence electrons. The molecule has 0 unspecified atom stereocenters. The van der Waals surface area contributed by atoms with Crippen molar-refractivity contribution in [2.45, 2.75) is 63.2 Å². The van der Waals surface area contributed by atoms with E-state index in [0.29, 0.717) is 0 Å². The number of fused-ring (bicyclic) bond motifs is 1. The average molecular weight is 408 g/mol. The van der Waals surface area contributed by atoms with E-state index in [2.05, 4.69) is 102 Å². The first-order valence-corrected chi connectivity index (χ1v) is 11.8. The largest absolute Gasteiger partial charge is 0.309 e. The minimum atomic E-state index is 0.257. The summed E-state index contributed by atoms with van der Waals surface area (Å²) in [5.74, 6) is 1.13. The third kappa shape index (κ3) is 5.35. The van der Waals surface area contributed by atoms with Crippen molar-refractivity contribution < 1.29 is 0 Å². The van der Waals surface area contributed by atoms with Gasteiger partial charge in [0.15, 0.2) is 0 Å². The lowest BCUT2D eigenvalue weighted by atomic mass is 9.63. The van der Waals surface area contributed by atoms with Crippen LogP contribution in [0.1, 0.15) is 69.7 Å². The predicted octanol–water partition coefficient (Wildman–Crippen LogP) is 7.25. The molecule has 0 heterocycles. The highest BCUT2D eigenvalue weighted by molar-refractivity contribution is 7.99. The van der Waals surface area contributed by atoms with E-state index in [-0.39, 0.29) is 10.8 Å². The number of hydrogen-bond donors (Lipinski definition) is 0. The molecule has 2 heteroatoms. The third-order valence-corrected chi connectivity index (χ3v) is 7.37. The Bertz CT molecular complexity index is 872. The number of nitrogens with zero attached hydrogens (tertiary/aromatic N) is 1. The van der Waals surface area contributed by atoms with Crippen LogP contribution in [0.3, 0.4) is 0 Å². The average Bonchev–Trinajstić information content (AvgIpc) is 2.66. The predicted molar refractivity (Wildman–Crippen MR) is 131 cm³/mol. The summed E-state index contributed by atoms with van der Waals surface area (Å²) >= 11 is 1.93. The molecule has 0 radical (unpaired) electrons. The number of benzene rings is 2. The minimum absolute atomic E-state index is 0.257. The molecule has 1 nitrogen and oxygen atoms in total. The molecule has 0 fully saturated rings. The van der Waals surface area contributed by atoms with Crippen LogP contribution in [0.5, 0.6) is 0 Å². The lowest BCUT2D eigenvalue weighted by Gasteiger charge is -2.42. The fraction of sp³-hybridized carbons (Fsp3) is 0.481. The van der Waals surface area contributed by atoms with Crippen LogP contribution in [0.15, 0.2) is 47.4 Å². The van der Waals surface area contributed by atoms with E-state index < -0.39 is 0 Å². The fourth-order valence-electron chi connectivity index (χ4n) is 4.17. The van der Waals surface area contributed by atoms with Crippen molar-refractivity contribution >= 4 is 23.4 Å². The molecule has 3 rings (SSSR count). The first-order chi connectivity index (χ1) is 13.6. The van der Waals surface area contributed by atoms with Crippen molar-refractivity contribution in [3.05, 3.63) is 64.7 Å². The van der Waals surface area contributed by atoms with Crippen LogP contribution in [0, 0.1) is 0 Å². The number of rotatable bonds is 6. The molecule has 2 aromatic rings. The molecular weight excluding hydrogens is 370 g/mol. The summed E-state index contributed by atoms with van der Waals surface area (Å²) in [7, 11) is 4.25. The molecular formula is C27H37NS. The van der Waals surface area contributed by atoms with Crippen molar-refractivity contribution in [2.75, 3.05) is 26.4 Å². The highest BCUT2D eigenvalue weighted by atomic mass is 32.2. The Hall–Kier alpha value is -1.51. The first-order valence-electron chi connectivity index (χ1n) is 10.8. The molecule has 1 aliphatic rings. The van der Waals surface area contributed by atoms with Gasteiger partial charge in [-0.25, -0.2) is 0 Å². The van der Waals surface area contributed by atoms with Gasteiger partial charge in [-0.15, -0.1) is 11.8 Å². The van der Waals surface area contributed by atoms with Gasteiger partial charge < -0.3 is 4.90 Å². The van der Waals surface area contributed by atoms with E-state index in [1.165, 1.54) is 45.6 Å². The molecule has 0 aliphatic heterocycles. The summed E-state index contributed by atoms with van der Waals surface area (Å²) in [5.41, 5.74) is 7.56. The van der Waals surface area contributed by atoms with Gasteiger partial charge in [-0.1, -0.05) is 64.1 Å². The summed E-state index contributed by atoms with van der Waals surface area (Å²) in [6.07, 6.45) is 4.84. The molecule has 1 aliphatic carbocycles.